The van der Waals surface area contributed by atoms with Gasteiger partial charge in [0.2, 0.25) is 0 Å². The molecule has 18 heavy (non-hydrogen) atoms. The standard InChI is InChI=1S/C14H16F3N/c1-10-8-18(9-14(15,16)17)13(6-7-13)12-5-3-2-4-11(10)12/h2-5,10H,6-9H2,1H3. The molecule has 98 valence electrons. The van der Waals surface area contributed by atoms with E-state index in [2.05, 4.69) is 6.07 Å². The van der Waals surface area contributed by atoms with E-state index in [1.54, 1.807) is 4.90 Å². The number of halogens is 3. The van der Waals surface area contributed by atoms with Crippen molar-refractivity contribution in [2.24, 2.45) is 0 Å². The number of benzene rings is 1. The van der Waals surface area contributed by atoms with Crippen molar-refractivity contribution in [2.75, 3.05) is 13.1 Å². The number of hydrogen-bond acceptors (Lipinski definition) is 1. The van der Waals surface area contributed by atoms with Crippen LogP contribution in [0, 0.1) is 0 Å². The molecule has 0 bridgehead atoms. The van der Waals surface area contributed by atoms with Crippen LogP contribution >= 0.6 is 0 Å². The smallest absolute Gasteiger partial charge is 0.284 e. The van der Waals surface area contributed by atoms with Gasteiger partial charge in [0, 0.05) is 12.1 Å². The van der Waals surface area contributed by atoms with Crippen LogP contribution in [0.2, 0.25) is 0 Å². The molecule has 1 aliphatic heterocycles. The van der Waals surface area contributed by atoms with Crippen molar-refractivity contribution in [1.82, 2.24) is 4.90 Å². The molecule has 0 radical (unpaired) electrons. The SMILES string of the molecule is CC1CN(CC(F)(F)F)C2(CC2)c2ccccc21. The van der Waals surface area contributed by atoms with Gasteiger partial charge in [0.15, 0.2) is 0 Å². The number of hydrogen-bond donors (Lipinski definition) is 0. The maximum atomic E-state index is 12.7. The summed E-state index contributed by atoms with van der Waals surface area (Å²) in [5.41, 5.74) is 2.03. The normalized spacial score (nSPS) is 26.1. The van der Waals surface area contributed by atoms with Crippen LogP contribution in [0.4, 0.5) is 13.2 Å². The quantitative estimate of drug-likeness (QED) is 0.740. The van der Waals surface area contributed by atoms with Gasteiger partial charge in [0.25, 0.3) is 0 Å². The summed E-state index contributed by atoms with van der Waals surface area (Å²) in [6.07, 6.45) is -2.40. The van der Waals surface area contributed by atoms with Crippen LogP contribution in [0.25, 0.3) is 0 Å². The Morgan fingerprint density at radius 2 is 1.94 bits per heavy atom. The van der Waals surface area contributed by atoms with E-state index >= 15 is 0 Å². The maximum Gasteiger partial charge on any atom is 0.401 e. The molecule has 4 heteroatoms. The van der Waals surface area contributed by atoms with Crippen LogP contribution in [0.5, 0.6) is 0 Å². The van der Waals surface area contributed by atoms with Crippen LogP contribution in [0.3, 0.4) is 0 Å². The third-order valence-electron chi connectivity index (χ3n) is 4.19. The van der Waals surface area contributed by atoms with Crippen molar-refractivity contribution < 1.29 is 13.2 Å². The summed E-state index contributed by atoms with van der Waals surface area (Å²) in [6.45, 7) is 1.74. The lowest BCUT2D eigenvalue weighted by Crippen LogP contribution is -2.47. The highest BCUT2D eigenvalue weighted by molar-refractivity contribution is 5.42. The Morgan fingerprint density at radius 3 is 2.56 bits per heavy atom. The minimum Gasteiger partial charge on any atom is -0.284 e. The van der Waals surface area contributed by atoms with Crippen molar-refractivity contribution in [3.63, 3.8) is 0 Å². The number of rotatable bonds is 1. The molecule has 1 heterocycles. The zero-order chi connectivity index (χ0) is 13.0. The van der Waals surface area contributed by atoms with E-state index in [1.165, 1.54) is 5.56 Å². The Hall–Kier alpha value is -1.03. The molecule has 1 fully saturated rings. The van der Waals surface area contributed by atoms with Crippen LogP contribution in [-0.2, 0) is 5.54 Å². The molecule has 1 unspecified atom stereocenters. The van der Waals surface area contributed by atoms with E-state index in [4.69, 9.17) is 0 Å². The molecule has 1 nitrogen and oxygen atoms in total. The van der Waals surface area contributed by atoms with Crippen LogP contribution in [0.15, 0.2) is 24.3 Å². The van der Waals surface area contributed by atoms with E-state index in [9.17, 15) is 13.2 Å². The summed E-state index contributed by atoms with van der Waals surface area (Å²) < 4.78 is 38.0. The van der Waals surface area contributed by atoms with Crippen molar-refractivity contribution in [2.45, 2.75) is 37.4 Å². The van der Waals surface area contributed by atoms with Gasteiger partial charge in [-0.2, -0.15) is 13.2 Å². The first-order chi connectivity index (χ1) is 8.42. The highest BCUT2D eigenvalue weighted by Gasteiger charge is 2.55. The zero-order valence-corrected chi connectivity index (χ0v) is 10.3. The molecule has 0 aromatic heterocycles. The molecule has 0 amide bonds. The molecule has 1 spiro atoms. The van der Waals surface area contributed by atoms with E-state index in [-0.39, 0.29) is 11.5 Å². The molecule has 1 saturated carbocycles. The molecule has 1 aliphatic carbocycles. The van der Waals surface area contributed by atoms with Crippen molar-refractivity contribution >= 4 is 0 Å². The first-order valence-corrected chi connectivity index (χ1v) is 6.34. The molecule has 3 rings (SSSR count). The lowest BCUT2D eigenvalue weighted by Gasteiger charge is -2.41. The second-order valence-electron chi connectivity index (χ2n) is 5.52. The second-order valence-corrected chi connectivity index (χ2v) is 5.52. The summed E-state index contributed by atoms with van der Waals surface area (Å²) in [5.74, 6) is 0.176. The van der Waals surface area contributed by atoms with Crippen LogP contribution < -0.4 is 0 Å². The maximum absolute atomic E-state index is 12.7. The fourth-order valence-corrected chi connectivity index (χ4v) is 3.26. The molecule has 1 atom stereocenters. The van der Waals surface area contributed by atoms with Gasteiger partial charge < -0.3 is 0 Å². The number of fused-ring (bicyclic) bond motifs is 2. The zero-order valence-electron chi connectivity index (χ0n) is 10.3. The van der Waals surface area contributed by atoms with Gasteiger partial charge in [-0.05, 0) is 29.9 Å². The molecule has 1 aromatic carbocycles. The average Bonchev–Trinajstić information content (AvgIpc) is 3.06. The van der Waals surface area contributed by atoms with Crippen LogP contribution in [-0.4, -0.2) is 24.2 Å². The summed E-state index contributed by atoms with van der Waals surface area (Å²) in [4.78, 5) is 1.64. The minimum absolute atomic E-state index is 0.176. The molecule has 0 N–H and O–H groups in total. The summed E-state index contributed by atoms with van der Waals surface area (Å²) >= 11 is 0. The second kappa shape index (κ2) is 3.73. The van der Waals surface area contributed by atoms with Crippen LogP contribution in [0.1, 0.15) is 36.8 Å². The lowest BCUT2D eigenvalue weighted by atomic mass is 9.84. The fraction of sp³-hybridized carbons (Fsp3) is 0.571. The van der Waals surface area contributed by atoms with E-state index in [0.717, 1.165) is 18.4 Å². The highest BCUT2D eigenvalue weighted by atomic mass is 19.4. The first kappa shape index (κ1) is 12.0. The Morgan fingerprint density at radius 1 is 1.28 bits per heavy atom. The lowest BCUT2D eigenvalue weighted by molar-refractivity contribution is -0.155. The Bertz CT molecular complexity index is 462. The number of nitrogens with zero attached hydrogens (tertiary/aromatic N) is 1. The monoisotopic (exact) mass is 255 g/mol. The summed E-state index contributed by atoms with van der Waals surface area (Å²) in [7, 11) is 0. The van der Waals surface area contributed by atoms with Gasteiger partial charge in [0.1, 0.15) is 0 Å². The third-order valence-corrected chi connectivity index (χ3v) is 4.19. The van der Waals surface area contributed by atoms with Crippen molar-refractivity contribution in [3.05, 3.63) is 35.4 Å². The molecular weight excluding hydrogens is 239 g/mol. The summed E-state index contributed by atoms with van der Waals surface area (Å²) in [6, 6.07) is 7.97. The van der Waals surface area contributed by atoms with Gasteiger partial charge in [0.05, 0.1) is 6.54 Å². The van der Waals surface area contributed by atoms with Gasteiger partial charge in [-0.25, -0.2) is 0 Å². The average molecular weight is 255 g/mol. The molecule has 0 saturated heterocycles. The van der Waals surface area contributed by atoms with E-state index < -0.39 is 12.7 Å². The largest absolute Gasteiger partial charge is 0.401 e. The van der Waals surface area contributed by atoms with Crippen molar-refractivity contribution in [1.29, 1.82) is 0 Å². The highest BCUT2D eigenvalue weighted by Crippen LogP contribution is 2.56. The molecule has 2 aliphatic rings. The number of alkyl halides is 3. The Kier molecular flexibility index (Phi) is 2.49. The fourth-order valence-electron chi connectivity index (χ4n) is 3.26. The van der Waals surface area contributed by atoms with E-state index in [0.29, 0.717) is 6.54 Å². The molecular formula is C14H16F3N. The topological polar surface area (TPSA) is 3.24 Å². The first-order valence-electron chi connectivity index (χ1n) is 6.34. The predicted octanol–water partition coefficient (Wildman–Crippen LogP) is 3.66. The Balaban J connectivity index is 1.98. The Labute approximate surface area is 105 Å². The molecule has 1 aromatic rings. The summed E-state index contributed by atoms with van der Waals surface area (Å²) in [5, 5.41) is 0. The van der Waals surface area contributed by atoms with Gasteiger partial charge in [-0.15, -0.1) is 0 Å². The predicted molar refractivity (Wildman–Crippen MR) is 63.4 cm³/mol. The van der Waals surface area contributed by atoms with Gasteiger partial charge in [-0.1, -0.05) is 31.2 Å². The third kappa shape index (κ3) is 1.83. The van der Waals surface area contributed by atoms with Gasteiger partial charge in [-0.3, -0.25) is 4.90 Å². The van der Waals surface area contributed by atoms with E-state index in [1.807, 2.05) is 25.1 Å². The minimum atomic E-state index is -4.11. The van der Waals surface area contributed by atoms with Crippen molar-refractivity contribution in [3.8, 4) is 0 Å². The van der Waals surface area contributed by atoms with Gasteiger partial charge >= 0.3 is 6.18 Å².